The van der Waals surface area contributed by atoms with Crippen LogP contribution in [0.3, 0.4) is 0 Å². The number of hydrogen-bond donors (Lipinski definition) is 1. The van der Waals surface area contributed by atoms with Crippen molar-refractivity contribution >= 4 is 17.5 Å². The lowest BCUT2D eigenvalue weighted by molar-refractivity contribution is -0.128. The van der Waals surface area contributed by atoms with Crippen molar-refractivity contribution in [1.29, 1.82) is 0 Å². The van der Waals surface area contributed by atoms with Crippen molar-refractivity contribution in [2.45, 2.75) is 19.4 Å². The van der Waals surface area contributed by atoms with Crippen LogP contribution in [-0.4, -0.2) is 56.1 Å². The lowest BCUT2D eigenvalue weighted by atomic mass is 9.85. The van der Waals surface area contributed by atoms with Gasteiger partial charge in [0.1, 0.15) is 0 Å². The standard InChI is InChI=1S/C18H23N3O3/c22-16-11-18(17(23)19-16)4-5-20(13-18)12-14-2-1-3-15(10-14)21-6-8-24-9-7-21/h1-3,10H,4-9,11-13H2,(H,19,22,23)/t18-/m0/s1. The molecule has 3 aliphatic heterocycles. The first kappa shape index (κ1) is 15.6. The number of nitrogens with one attached hydrogen (secondary N) is 1. The van der Waals surface area contributed by atoms with Crippen LogP contribution in [0.15, 0.2) is 24.3 Å². The highest BCUT2D eigenvalue weighted by atomic mass is 16.5. The van der Waals surface area contributed by atoms with E-state index in [2.05, 4.69) is 39.4 Å². The van der Waals surface area contributed by atoms with Crippen LogP contribution in [0.25, 0.3) is 0 Å². The third-order valence-corrected chi connectivity index (χ3v) is 5.36. The van der Waals surface area contributed by atoms with E-state index in [1.807, 2.05) is 0 Å². The number of rotatable bonds is 3. The number of carbonyl (C=O) groups is 2. The zero-order chi connectivity index (χ0) is 16.6. The van der Waals surface area contributed by atoms with Gasteiger partial charge in [0.15, 0.2) is 0 Å². The van der Waals surface area contributed by atoms with Crippen LogP contribution in [0.1, 0.15) is 18.4 Å². The number of likely N-dealkylation sites (tertiary alicyclic amines) is 1. The number of amides is 2. The summed E-state index contributed by atoms with van der Waals surface area (Å²) in [5.74, 6) is -0.215. The number of anilines is 1. The summed E-state index contributed by atoms with van der Waals surface area (Å²) in [4.78, 5) is 28.3. The first-order valence-electron chi connectivity index (χ1n) is 8.63. The zero-order valence-corrected chi connectivity index (χ0v) is 13.8. The Hall–Kier alpha value is -1.92. The Balaban J connectivity index is 1.43. The molecule has 1 N–H and O–H groups in total. The van der Waals surface area contributed by atoms with Gasteiger partial charge in [-0.05, 0) is 30.7 Å². The number of hydrogen-bond acceptors (Lipinski definition) is 5. The van der Waals surface area contributed by atoms with E-state index in [1.165, 1.54) is 11.3 Å². The lowest BCUT2D eigenvalue weighted by Crippen LogP contribution is -2.36. The average molecular weight is 329 g/mol. The minimum absolute atomic E-state index is 0.0860. The van der Waals surface area contributed by atoms with Crippen LogP contribution in [0.2, 0.25) is 0 Å². The molecule has 3 fully saturated rings. The van der Waals surface area contributed by atoms with Crippen LogP contribution in [-0.2, 0) is 20.9 Å². The number of carbonyl (C=O) groups excluding carboxylic acids is 2. The van der Waals surface area contributed by atoms with Crippen LogP contribution in [0, 0.1) is 5.41 Å². The average Bonchev–Trinajstić information content (AvgIpc) is 3.11. The Kier molecular flexibility index (Phi) is 4.02. The third kappa shape index (κ3) is 2.91. The highest BCUT2D eigenvalue weighted by molar-refractivity contribution is 6.06. The molecular weight excluding hydrogens is 306 g/mol. The molecule has 0 bridgehead atoms. The van der Waals surface area contributed by atoms with Crippen LogP contribution < -0.4 is 10.2 Å². The van der Waals surface area contributed by atoms with E-state index in [0.717, 1.165) is 45.8 Å². The van der Waals surface area contributed by atoms with Gasteiger partial charge < -0.3 is 9.64 Å². The number of benzene rings is 1. The van der Waals surface area contributed by atoms with Gasteiger partial charge in [-0.3, -0.25) is 19.8 Å². The molecule has 6 nitrogen and oxygen atoms in total. The molecule has 0 saturated carbocycles. The van der Waals surface area contributed by atoms with Gasteiger partial charge in [0.25, 0.3) is 0 Å². The minimum atomic E-state index is -0.487. The minimum Gasteiger partial charge on any atom is -0.378 e. The SMILES string of the molecule is O=C1C[C@]2(CCN(Cc3cccc(N4CCOCC4)c3)C2)C(=O)N1. The van der Waals surface area contributed by atoms with Crippen LogP contribution in [0.4, 0.5) is 5.69 Å². The summed E-state index contributed by atoms with van der Waals surface area (Å²) < 4.78 is 5.42. The summed E-state index contributed by atoms with van der Waals surface area (Å²) in [6.45, 7) is 5.78. The molecule has 1 spiro atoms. The fourth-order valence-corrected chi connectivity index (χ4v) is 4.05. The predicted molar refractivity (Wildman–Crippen MR) is 89.6 cm³/mol. The van der Waals surface area contributed by atoms with Gasteiger partial charge in [0.05, 0.1) is 18.6 Å². The summed E-state index contributed by atoms with van der Waals surface area (Å²) in [7, 11) is 0. The summed E-state index contributed by atoms with van der Waals surface area (Å²) in [5.41, 5.74) is 2.00. The number of nitrogens with zero attached hydrogens (tertiary/aromatic N) is 2. The third-order valence-electron chi connectivity index (χ3n) is 5.36. The molecule has 0 aliphatic carbocycles. The number of morpholine rings is 1. The van der Waals surface area contributed by atoms with E-state index >= 15 is 0 Å². The van der Waals surface area contributed by atoms with Gasteiger partial charge >= 0.3 is 0 Å². The lowest BCUT2D eigenvalue weighted by Gasteiger charge is -2.29. The Morgan fingerprint density at radius 3 is 2.75 bits per heavy atom. The Bertz CT molecular complexity index is 657. The van der Waals surface area contributed by atoms with Crippen molar-refractivity contribution in [3.63, 3.8) is 0 Å². The van der Waals surface area contributed by atoms with Crippen molar-refractivity contribution < 1.29 is 14.3 Å². The number of ether oxygens (including phenoxy) is 1. The molecule has 6 heteroatoms. The summed E-state index contributed by atoms with van der Waals surface area (Å²) in [6.07, 6.45) is 1.11. The van der Waals surface area contributed by atoms with Gasteiger partial charge in [0.2, 0.25) is 11.8 Å². The summed E-state index contributed by atoms with van der Waals surface area (Å²) in [5, 5.41) is 2.46. The second-order valence-corrected chi connectivity index (χ2v) is 7.06. The van der Waals surface area contributed by atoms with Crippen molar-refractivity contribution in [2.24, 2.45) is 5.41 Å². The predicted octanol–water partition coefficient (Wildman–Crippen LogP) is 0.762. The van der Waals surface area contributed by atoms with E-state index in [4.69, 9.17) is 4.74 Å². The van der Waals surface area contributed by atoms with Crippen LogP contribution >= 0.6 is 0 Å². The second-order valence-electron chi connectivity index (χ2n) is 7.06. The molecule has 0 unspecified atom stereocenters. The van der Waals surface area contributed by atoms with E-state index in [1.54, 1.807) is 0 Å². The molecule has 1 aromatic carbocycles. The van der Waals surface area contributed by atoms with Crippen molar-refractivity contribution in [3.8, 4) is 0 Å². The quantitative estimate of drug-likeness (QED) is 0.830. The van der Waals surface area contributed by atoms with E-state index in [-0.39, 0.29) is 11.8 Å². The highest BCUT2D eigenvalue weighted by Gasteiger charge is 2.50. The fraction of sp³-hybridized carbons (Fsp3) is 0.556. The van der Waals surface area contributed by atoms with Gasteiger partial charge in [-0.2, -0.15) is 0 Å². The molecule has 128 valence electrons. The smallest absolute Gasteiger partial charge is 0.234 e. The van der Waals surface area contributed by atoms with Gasteiger partial charge in [0, 0.05) is 38.3 Å². The molecule has 3 heterocycles. The highest BCUT2D eigenvalue weighted by Crippen LogP contribution is 2.38. The van der Waals surface area contributed by atoms with E-state index < -0.39 is 5.41 Å². The summed E-state index contributed by atoms with van der Waals surface area (Å²) >= 11 is 0. The molecule has 0 radical (unpaired) electrons. The molecule has 2 amide bonds. The summed E-state index contributed by atoms with van der Waals surface area (Å²) in [6, 6.07) is 8.60. The van der Waals surface area contributed by atoms with Gasteiger partial charge in [-0.15, -0.1) is 0 Å². The van der Waals surface area contributed by atoms with Crippen molar-refractivity contribution in [3.05, 3.63) is 29.8 Å². The molecule has 1 atom stereocenters. The fourth-order valence-electron chi connectivity index (χ4n) is 4.05. The maximum atomic E-state index is 12.1. The number of imide groups is 1. The topological polar surface area (TPSA) is 61.9 Å². The zero-order valence-electron chi connectivity index (χ0n) is 13.8. The Labute approximate surface area is 141 Å². The van der Waals surface area contributed by atoms with Gasteiger partial charge in [-0.1, -0.05) is 12.1 Å². The van der Waals surface area contributed by atoms with E-state index in [9.17, 15) is 9.59 Å². The largest absolute Gasteiger partial charge is 0.378 e. The van der Waals surface area contributed by atoms with Crippen molar-refractivity contribution in [2.75, 3.05) is 44.3 Å². The maximum Gasteiger partial charge on any atom is 0.234 e. The molecule has 3 saturated heterocycles. The molecule has 1 aromatic rings. The molecule has 4 rings (SSSR count). The Morgan fingerprint density at radius 1 is 1.17 bits per heavy atom. The molecular formula is C18H23N3O3. The maximum absolute atomic E-state index is 12.1. The second kappa shape index (κ2) is 6.18. The van der Waals surface area contributed by atoms with Crippen molar-refractivity contribution in [1.82, 2.24) is 10.2 Å². The van der Waals surface area contributed by atoms with Gasteiger partial charge in [-0.25, -0.2) is 0 Å². The van der Waals surface area contributed by atoms with Crippen LogP contribution in [0.5, 0.6) is 0 Å². The molecule has 3 aliphatic rings. The first-order valence-corrected chi connectivity index (χ1v) is 8.63. The first-order chi connectivity index (χ1) is 11.6. The van der Waals surface area contributed by atoms with E-state index in [0.29, 0.717) is 13.0 Å². The normalized spacial score (nSPS) is 27.9. The molecule has 24 heavy (non-hydrogen) atoms. The molecule has 0 aromatic heterocycles. The monoisotopic (exact) mass is 329 g/mol. The Morgan fingerprint density at radius 2 is 2.00 bits per heavy atom.